The summed E-state index contributed by atoms with van der Waals surface area (Å²) in [5.74, 6) is 1.71. The number of quaternary nitrogens is 1. The van der Waals surface area contributed by atoms with Crippen molar-refractivity contribution in [2.45, 2.75) is 26.8 Å². The monoisotopic (exact) mass is 374 g/mol. The highest BCUT2D eigenvalue weighted by Crippen LogP contribution is 2.38. The number of hydrogen-bond donors (Lipinski definition) is 1. The lowest BCUT2D eigenvalue weighted by Crippen LogP contribution is -3.12. The second-order valence-electron chi connectivity index (χ2n) is 6.58. The first kappa shape index (κ1) is 19.2. The van der Waals surface area contributed by atoms with Crippen LogP contribution in [0.4, 0.5) is 0 Å². The first-order valence-corrected chi connectivity index (χ1v) is 9.44. The molecule has 0 amide bonds. The molecule has 1 aromatic heterocycles. The molecule has 27 heavy (non-hydrogen) atoms. The summed E-state index contributed by atoms with van der Waals surface area (Å²) in [6.45, 7) is 8.42. The standard InChI is InChI=1S/C20H27N3O4/c1-5-22(6-2)9-10-27-19-13-16-15-12-18(26-4)17(25-3)11-14(15)7-8-23(16)20(24)21-19/h11-13H,5-10H2,1-4H3/p+1. The van der Waals surface area contributed by atoms with Crippen LogP contribution in [0.15, 0.2) is 23.0 Å². The van der Waals surface area contributed by atoms with Crippen molar-refractivity contribution in [2.24, 2.45) is 0 Å². The molecule has 0 bridgehead atoms. The van der Waals surface area contributed by atoms with E-state index < -0.39 is 0 Å². The number of rotatable bonds is 8. The Bertz CT molecular complexity index is 859. The van der Waals surface area contributed by atoms with Gasteiger partial charge in [-0.15, -0.1) is 0 Å². The van der Waals surface area contributed by atoms with Crippen molar-refractivity contribution < 1.29 is 19.1 Å². The number of hydrogen-bond acceptors (Lipinski definition) is 5. The van der Waals surface area contributed by atoms with E-state index in [9.17, 15) is 4.79 Å². The summed E-state index contributed by atoms with van der Waals surface area (Å²) in [6, 6.07) is 5.75. The molecule has 0 unspecified atom stereocenters. The summed E-state index contributed by atoms with van der Waals surface area (Å²) < 4.78 is 18.3. The van der Waals surface area contributed by atoms with Gasteiger partial charge in [0, 0.05) is 18.2 Å². The van der Waals surface area contributed by atoms with Crippen LogP contribution in [0.5, 0.6) is 17.4 Å². The average molecular weight is 374 g/mol. The molecule has 1 aliphatic rings. The van der Waals surface area contributed by atoms with Gasteiger partial charge in [0.15, 0.2) is 11.5 Å². The number of fused-ring (bicyclic) bond motifs is 3. The summed E-state index contributed by atoms with van der Waals surface area (Å²) in [5.41, 5.74) is 2.61. The minimum Gasteiger partial charge on any atom is -0.493 e. The minimum absolute atomic E-state index is 0.280. The Morgan fingerprint density at radius 3 is 2.48 bits per heavy atom. The summed E-state index contributed by atoms with van der Waals surface area (Å²) in [6.07, 6.45) is 0.746. The predicted octanol–water partition coefficient (Wildman–Crippen LogP) is 0.787. The van der Waals surface area contributed by atoms with Gasteiger partial charge in [0.1, 0.15) is 13.2 Å². The largest absolute Gasteiger partial charge is 0.493 e. The smallest absolute Gasteiger partial charge is 0.351 e. The van der Waals surface area contributed by atoms with Gasteiger partial charge in [-0.1, -0.05) is 0 Å². The quantitative estimate of drug-likeness (QED) is 0.740. The zero-order valence-electron chi connectivity index (χ0n) is 16.5. The van der Waals surface area contributed by atoms with Crippen molar-refractivity contribution in [3.63, 3.8) is 0 Å². The van der Waals surface area contributed by atoms with Gasteiger partial charge in [-0.3, -0.25) is 4.57 Å². The van der Waals surface area contributed by atoms with Gasteiger partial charge in [0.05, 0.1) is 33.0 Å². The van der Waals surface area contributed by atoms with Crippen molar-refractivity contribution >= 4 is 0 Å². The Hall–Kier alpha value is -2.54. The Kier molecular flexibility index (Phi) is 6.01. The van der Waals surface area contributed by atoms with E-state index in [0.29, 0.717) is 30.5 Å². The molecule has 1 aliphatic heterocycles. The molecule has 0 atom stereocenters. The normalized spacial score (nSPS) is 12.5. The van der Waals surface area contributed by atoms with Gasteiger partial charge in [-0.2, -0.15) is 4.98 Å². The molecule has 3 rings (SSSR count). The molecule has 7 nitrogen and oxygen atoms in total. The molecule has 2 heterocycles. The van der Waals surface area contributed by atoms with Crippen LogP contribution in [-0.4, -0.2) is 50.0 Å². The highest BCUT2D eigenvalue weighted by atomic mass is 16.5. The van der Waals surface area contributed by atoms with Crippen molar-refractivity contribution in [1.29, 1.82) is 0 Å². The molecular weight excluding hydrogens is 346 g/mol. The van der Waals surface area contributed by atoms with Gasteiger partial charge >= 0.3 is 5.69 Å². The number of ether oxygens (including phenoxy) is 3. The van der Waals surface area contributed by atoms with Crippen LogP contribution in [0.2, 0.25) is 0 Å². The number of nitrogens with zero attached hydrogens (tertiary/aromatic N) is 2. The van der Waals surface area contributed by atoms with E-state index in [0.717, 1.165) is 42.9 Å². The molecular formula is C20H28N3O4+. The molecule has 146 valence electrons. The lowest BCUT2D eigenvalue weighted by Gasteiger charge is -2.23. The van der Waals surface area contributed by atoms with Gasteiger partial charge in [0.2, 0.25) is 5.88 Å². The minimum atomic E-state index is -0.280. The predicted molar refractivity (Wildman–Crippen MR) is 103 cm³/mol. The summed E-state index contributed by atoms with van der Waals surface area (Å²) in [4.78, 5) is 18.0. The maximum absolute atomic E-state index is 12.5. The summed E-state index contributed by atoms with van der Waals surface area (Å²) in [5, 5.41) is 0. The van der Waals surface area contributed by atoms with Gasteiger partial charge < -0.3 is 19.1 Å². The maximum Gasteiger partial charge on any atom is 0.351 e. The maximum atomic E-state index is 12.5. The zero-order chi connectivity index (χ0) is 19.4. The third-order valence-electron chi connectivity index (χ3n) is 5.18. The van der Waals surface area contributed by atoms with E-state index >= 15 is 0 Å². The molecule has 0 saturated heterocycles. The fourth-order valence-electron chi connectivity index (χ4n) is 3.50. The number of nitrogens with one attached hydrogen (secondary N) is 1. The number of methoxy groups -OCH3 is 2. The van der Waals surface area contributed by atoms with Crippen molar-refractivity contribution in [3.05, 3.63) is 34.2 Å². The molecule has 1 aromatic carbocycles. The van der Waals surface area contributed by atoms with Crippen LogP contribution < -0.4 is 24.8 Å². The van der Waals surface area contributed by atoms with Crippen LogP contribution in [0, 0.1) is 0 Å². The zero-order valence-corrected chi connectivity index (χ0v) is 16.5. The number of aryl methyl sites for hydroxylation is 1. The van der Waals surface area contributed by atoms with Crippen molar-refractivity contribution in [3.8, 4) is 28.6 Å². The lowest BCUT2D eigenvalue weighted by atomic mass is 9.97. The fraction of sp³-hybridized carbons (Fsp3) is 0.500. The van der Waals surface area contributed by atoms with Crippen molar-refractivity contribution in [1.82, 2.24) is 9.55 Å². The summed E-state index contributed by atoms with van der Waals surface area (Å²) in [7, 11) is 3.23. The Labute approximate surface area is 159 Å². The van der Waals surface area contributed by atoms with Crippen molar-refractivity contribution in [2.75, 3.05) is 40.5 Å². The topological polar surface area (TPSA) is 67.0 Å². The first-order chi connectivity index (χ1) is 13.1. The fourth-order valence-corrected chi connectivity index (χ4v) is 3.50. The van der Waals surface area contributed by atoms with E-state index in [1.807, 2.05) is 18.2 Å². The highest BCUT2D eigenvalue weighted by molar-refractivity contribution is 5.70. The van der Waals surface area contributed by atoms with E-state index in [1.54, 1.807) is 18.8 Å². The molecule has 2 aromatic rings. The van der Waals surface area contributed by atoms with Gasteiger partial charge in [-0.05, 0) is 38.0 Å². The number of benzene rings is 1. The van der Waals surface area contributed by atoms with E-state index in [1.165, 1.54) is 4.90 Å². The Morgan fingerprint density at radius 2 is 1.81 bits per heavy atom. The van der Waals surface area contributed by atoms with Crippen LogP contribution in [0.25, 0.3) is 11.3 Å². The molecule has 0 aliphatic carbocycles. The SMILES string of the molecule is CC[NH+](CC)CCOc1cc2n(c(=O)n1)CCc1cc(OC)c(OC)cc1-2. The Morgan fingerprint density at radius 1 is 1.11 bits per heavy atom. The molecule has 0 spiro atoms. The van der Waals surface area contributed by atoms with Gasteiger partial charge in [0.25, 0.3) is 0 Å². The molecule has 1 N–H and O–H groups in total. The molecule has 7 heteroatoms. The third-order valence-corrected chi connectivity index (χ3v) is 5.18. The third kappa shape index (κ3) is 3.93. The van der Waals surface area contributed by atoms with Crippen LogP contribution >= 0.6 is 0 Å². The average Bonchev–Trinajstić information content (AvgIpc) is 2.70. The number of aromatic nitrogens is 2. The van der Waals surface area contributed by atoms with E-state index in [2.05, 4.69) is 18.8 Å². The second kappa shape index (κ2) is 8.43. The second-order valence-corrected chi connectivity index (χ2v) is 6.58. The van der Waals surface area contributed by atoms with Gasteiger partial charge in [-0.25, -0.2) is 4.79 Å². The lowest BCUT2D eigenvalue weighted by molar-refractivity contribution is -0.896. The number of likely N-dealkylation sites (N-methyl/N-ethyl adjacent to an activating group) is 1. The van der Waals surface area contributed by atoms with E-state index in [-0.39, 0.29) is 5.69 Å². The van der Waals surface area contributed by atoms with Crippen LogP contribution in [0.3, 0.4) is 0 Å². The summed E-state index contributed by atoms with van der Waals surface area (Å²) >= 11 is 0. The highest BCUT2D eigenvalue weighted by Gasteiger charge is 2.22. The van der Waals surface area contributed by atoms with Crippen LogP contribution in [0.1, 0.15) is 19.4 Å². The van der Waals surface area contributed by atoms with Crippen LogP contribution in [-0.2, 0) is 13.0 Å². The molecule has 0 fully saturated rings. The first-order valence-electron chi connectivity index (χ1n) is 9.44. The Balaban J connectivity index is 1.92. The van der Waals surface area contributed by atoms with E-state index in [4.69, 9.17) is 14.2 Å². The molecule has 0 radical (unpaired) electrons. The molecule has 0 saturated carbocycles.